The van der Waals surface area contributed by atoms with Crippen LogP contribution in [0.2, 0.25) is 5.02 Å². The van der Waals surface area contributed by atoms with Gasteiger partial charge in [-0.2, -0.15) is 5.26 Å². The highest BCUT2D eigenvalue weighted by Crippen LogP contribution is 2.23. The van der Waals surface area contributed by atoms with Crippen LogP contribution < -0.4 is 9.62 Å². The molecule has 0 fully saturated rings. The van der Waals surface area contributed by atoms with E-state index >= 15 is 0 Å². The third-order valence-electron chi connectivity index (χ3n) is 4.14. The monoisotopic (exact) mass is 449 g/mol. The first-order valence-electron chi connectivity index (χ1n) is 8.88. The second-order valence-corrected chi connectivity index (χ2v) is 8.40. The first-order chi connectivity index (χ1) is 14.2. The SMILES string of the molecule is CNS(=O)(=O)c1cc(C(=O)OC(C)C(=O)N(CCC#N)c2ccccc2)ccc1Cl. The Morgan fingerprint density at radius 2 is 1.90 bits per heavy atom. The van der Waals surface area contributed by atoms with E-state index in [1.54, 1.807) is 30.3 Å². The van der Waals surface area contributed by atoms with Crippen molar-refractivity contribution in [3.8, 4) is 6.07 Å². The van der Waals surface area contributed by atoms with Crippen molar-refractivity contribution in [2.75, 3.05) is 18.5 Å². The number of esters is 1. The normalized spacial score (nSPS) is 11.9. The third-order valence-corrected chi connectivity index (χ3v) is 6.03. The van der Waals surface area contributed by atoms with E-state index in [0.717, 1.165) is 6.07 Å². The maximum atomic E-state index is 12.9. The summed E-state index contributed by atoms with van der Waals surface area (Å²) in [6.45, 7) is 1.54. The van der Waals surface area contributed by atoms with Crippen molar-refractivity contribution >= 4 is 39.2 Å². The molecule has 1 unspecified atom stereocenters. The molecule has 158 valence electrons. The van der Waals surface area contributed by atoms with Crippen molar-refractivity contribution in [3.05, 3.63) is 59.1 Å². The lowest BCUT2D eigenvalue weighted by Crippen LogP contribution is -2.40. The van der Waals surface area contributed by atoms with Crippen LogP contribution in [0, 0.1) is 11.3 Å². The molecule has 0 aliphatic carbocycles. The highest BCUT2D eigenvalue weighted by molar-refractivity contribution is 7.89. The van der Waals surface area contributed by atoms with Crippen molar-refractivity contribution in [3.63, 3.8) is 0 Å². The molecular weight excluding hydrogens is 430 g/mol. The molecular formula is C20H20ClN3O5S. The molecule has 1 atom stereocenters. The zero-order valence-electron chi connectivity index (χ0n) is 16.3. The zero-order valence-corrected chi connectivity index (χ0v) is 17.9. The van der Waals surface area contributed by atoms with Crippen LogP contribution in [0.4, 0.5) is 5.69 Å². The van der Waals surface area contributed by atoms with Gasteiger partial charge in [0.25, 0.3) is 5.91 Å². The molecule has 0 radical (unpaired) electrons. The molecule has 0 bridgehead atoms. The van der Waals surface area contributed by atoms with Gasteiger partial charge in [-0.05, 0) is 44.3 Å². The number of ether oxygens (including phenoxy) is 1. The lowest BCUT2D eigenvalue weighted by Gasteiger charge is -2.25. The highest BCUT2D eigenvalue weighted by Gasteiger charge is 2.26. The Hall–Kier alpha value is -2.93. The van der Waals surface area contributed by atoms with E-state index in [4.69, 9.17) is 21.6 Å². The van der Waals surface area contributed by atoms with Crippen LogP contribution >= 0.6 is 11.6 Å². The molecule has 1 amide bonds. The minimum Gasteiger partial charge on any atom is -0.449 e. The average Bonchev–Trinajstić information content (AvgIpc) is 2.74. The number of nitrogens with zero attached hydrogens (tertiary/aromatic N) is 2. The lowest BCUT2D eigenvalue weighted by atomic mass is 10.2. The molecule has 0 heterocycles. The van der Waals surface area contributed by atoms with Gasteiger partial charge in [-0.25, -0.2) is 17.9 Å². The molecule has 0 saturated heterocycles. The summed E-state index contributed by atoms with van der Waals surface area (Å²) < 4.78 is 31.5. The van der Waals surface area contributed by atoms with Crippen molar-refractivity contribution in [2.45, 2.75) is 24.3 Å². The van der Waals surface area contributed by atoms with E-state index in [1.807, 2.05) is 6.07 Å². The number of halogens is 1. The predicted molar refractivity (Wildman–Crippen MR) is 112 cm³/mol. The van der Waals surface area contributed by atoms with Crippen molar-refractivity contribution in [1.29, 1.82) is 5.26 Å². The molecule has 0 aliphatic rings. The zero-order chi connectivity index (χ0) is 22.3. The number of para-hydroxylation sites is 1. The molecule has 2 aromatic carbocycles. The van der Waals surface area contributed by atoms with Crippen molar-refractivity contribution in [2.24, 2.45) is 0 Å². The lowest BCUT2D eigenvalue weighted by molar-refractivity contribution is -0.126. The smallest absolute Gasteiger partial charge is 0.338 e. The Kier molecular flexibility index (Phi) is 7.94. The summed E-state index contributed by atoms with van der Waals surface area (Å²) in [4.78, 5) is 26.4. The van der Waals surface area contributed by atoms with Crippen LogP contribution in [0.1, 0.15) is 23.7 Å². The van der Waals surface area contributed by atoms with E-state index < -0.39 is 28.0 Å². The number of sulfonamides is 1. The summed E-state index contributed by atoms with van der Waals surface area (Å²) in [6, 6.07) is 14.3. The minimum absolute atomic E-state index is 0.0585. The summed E-state index contributed by atoms with van der Waals surface area (Å²) in [5.41, 5.74) is 0.491. The van der Waals surface area contributed by atoms with Gasteiger partial charge in [0.15, 0.2) is 6.10 Å². The summed E-state index contributed by atoms with van der Waals surface area (Å²) in [7, 11) is -2.67. The van der Waals surface area contributed by atoms with Gasteiger partial charge < -0.3 is 9.64 Å². The molecule has 0 aliphatic heterocycles. The molecule has 1 N–H and O–H groups in total. The maximum Gasteiger partial charge on any atom is 0.338 e. The number of carbonyl (C=O) groups excluding carboxylic acids is 2. The van der Waals surface area contributed by atoms with Gasteiger partial charge in [-0.3, -0.25) is 4.79 Å². The second-order valence-electron chi connectivity index (χ2n) is 6.13. The number of anilines is 1. The summed E-state index contributed by atoms with van der Waals surface area (Å²) in [5.74, 6) is -1.39. The Labute approximate surface area is 180 Å². The second kappa shape index (κ2) is 10.2. The minimum atomic E-state index is -3.88. The fourth-order valence-electron chi connectivity index (χ4n) is 2.58. The Bertz CT molecular complexity index is 1070. The summed E-state index contributed by atoms with van der Waals surface area (Å²) in [6.07, 6.45) is -1.07. The first kappa shape index (κ1) is 23.3. The Morgan fingerprint density at radius 1 is 1.23 bits per heavy atom. The van der Waals surface area contributed by atoms with Gasteiger partial charge in [0.05, 0.1) is 23.1 Å². The van der Waals surface area contributed by atoms with Gasteiger partial charge in [0.2, 0.25) is 10.0 Å². The highest BCUT2D eigenvalue weighted by atomic mass is 35.5. The average molecular weight is 450 g/mol. The van der Waals surface area contributed by atoms with E-state index in [0.29, 0.717) is 5.69 Å². The van der Waals surface area contributed by atoms with E-state index in [1.165, 1.54) is 31.0 Å². The molecule has 0 saturated carbocycles. The van der Waals surface area contributed by atoms with E-state index in [-0.39, 0.29) is 28.4 Å². The summed E-state index contributed by atoms with van der Waals surface area (Å²) >= 11 is 5.92. The molecule has 0 spiro atoms. The van der Waals surface area contributed by atoms with E-state index in [2.05, 4.69) is 4.72 Å². The van der Waals surface area contributed by atoms with Crippen molar-refractivity contribution in [1.82, 2.24) is 4.72 Å². The van der Waals surface area contributed by atoms with Gasteiger partial charge in [-0.15, -0.1) is 0 Å². The number of amides is 1. The maximum absolute atomic E-state index is 12.9. The fourth-order valence-corrected chi connectivity index (χ4v) is 3.83. The largest absolute Gasteiger partial charge is 0.449 e. The Morgan fingerprint density at radius 3 is 2.50 bits per heavy atom. The number of benzene rings is 2. The topological polar surface area (TPSA) is 117 Å². The summed E-state index contributed by atoms with van der Waals surface area (Å²) in [5, 5.41) is 8.81. The van der Waals surface area contributed by atoms with Crippen molar-refractivity contribution < 1.29 is 22.7 Å². The molecule has 0 aromatic heterocycles. The molecule has 10 heteroatoms. The fraction of sp³-hybridized carbons (Fsp3) is 0.250. The van der Waals surface area contributed by atoms with Gasteiger partial charge >= 0.3 is 5.97 Å². The number of nitrogens with one attached hydrogen (secondary N) is 1. The van der Waals surface area contributed by atoms with Crippen LogP contribution in [-0.4, -0.2) is 40.0 Å². The van der Waals surface area contributed by atoms with Crippen LogP contribution in [0.25, 0.3) is 0 Å². The van der Waals surface area contributed by atoms with Crippen LogP contribution in [0.3, 0.4) is 0 Å². The number of carbonyl (C=O) groups is 2. The van der Waals surface area contributed by atoms with E-state index in [9.17, 15) is 18.0 Å². The number of hydrogen-bond acceptors (Lipinski definition) is 6. The van der Waals surface area contributed by atoms with Crippen LogP contribution in [0.15, 0.2) is 53.4 Å². The number of hydrogen-bond donors (Lipinski definition) is 1. The number of rotatable bonds is 8. The molecule has 8 nitrogen and oxygen atoms in total. The van der Waals surface area contributed by atoms with Gasteiger partial charge in [-0.1, -0.05) is 29.8 Å². The standard InChI is InChI=1S/C20H20ClN3O5S/c1-14(19(25)24(12-6-11-22)16-7-4-3-5-8-16)29-20(26)15-9-10-17(21)18(13-15)30(27,28)23-2/h3-5,7-10,13-14,23H,6,12H2,1-2H3. The number of nitriles is 1. The van der Waals surface area contributed by atoms with Gasteiger partial charge in [0.1, 0.15) is 4.90 Å². The van der Waals surface area contributed by atoms with Crippen LogP contribution in [0.5, 0.6) is 0 Å². The van der Waals surface area contributed by atoms with Gasteiger partial charge in [0, 0.05) is 12.2 Å². The third kappa shape index (κ3) is 5.57. The Balaban J connectivity index is 2.22. The quantitative estimate of drug-likeness (QED) is 0.619. The predicted octanol–water partition coefficient (Wildman–Crippen LogP) is 2.74. The molecule has 30 heavy (non-hydrogen) atoms. The molecule has 2 aromatic rings. The molecule has 2 rings (SSSR count). The first-order valence-corrected chi connectivity index (χ1v) is 10.7. The van der Waals surface area contributed by atoms with Crippen LogP contribution in [-0.2, 0) is 19.6 Å².